The molecule has 140 valence electrons. The Morgan fingerprint density at radius 2 is 2.00 bits per heavy atom. The van der Waals surface area contributed by atoms with Gasteiger partial charge in [-0.25, -0.2) is 8.42 Å². The molecule has 2 aromatic rings. The molecule has 1 aliphatic rings. The minimum absolute atomic E-state index is 0.0305. The van der Waals surface area contributed by atoms with Crippen LogP contribution in [0.15, 0.2) is 47.5 Å². The van der Waals surface area contributed by atoms with Crippen LogP contribution in [0.1, 0.15) is 18.5 Å². The number of benzene rings is 1. The molecule has 0 spiro atoms. The minimum Gasteiger partial charge on any atom is -0.495 e. The number of piperidine rings is 1. The molecule has 0 bridgehead atoms. The fourth-order valence-corrected chi connectivity index (χ4v) is 4.70. The molecular formula is C18H21ClN2O4S. The Kier molecular flexibility index (Phi) is 6.13. The number of pyridine rings is 1. The first-order valence-electron chi connectivity index (χ1n) is 8.36. The Bertz CT molecular complexity index is 838. The van der Waals surface area contributed by atoms with Crippen LogP contribution in [0.25, 0.3) is 0 Å². The van der Waals surface area contributed by atoms with Gasteiger partial charge in [0.2, 0.25) is 10.0 Å². The van der Waals surface area contributed by atoms with Crippen molar-refractivity contribution in [3.63, 3.8) is 0 Å². The summed E-state index contributed by atoms with van der Waals surface area (Å²) in [5.41, 5.74) is 0.871. The van der Waals surface area contributed by atoms with E-state index in [1.807, 2.05) is 18.2 Å². The van der Waals surface area contributed by atoms with Gasteiger partial charge in [0.25, 0.3) is 0 Å². The molecule has 1 saturated heterocycles. The molecule has 1 aromatic heterocycles. The molecule has 0 atom stereocenters. The predicted octanol–water partition coefficient (Wildman–Crippen LogP) is 3.11. The Balaban J connectivity index is 1.59. The van der Waals surface area contributed by atoms with E-state index in [-0.39, 0.29) is 16.0 Å². The summed E-state index contributed by atoms with van der Waals surface area (Å²) < 4.78 is 38.0. The van der Waals surface area contributed by atoms with E-state index in [1.54, 1.807) is 12.3 Å². The number of halogens is 1. The molecule has 1 fully saturated rings. The number of aromatic nitrogens is 1. The van der Waals surface area contributed by atoms with Gasteiger partial charge >= 0.3 is 0 Å². The third-order valence-corrected chi connectivity index (χ3v) is 6.55. The SMILES string of the molecule is COc1ccc(S(=O)(=O)N2CCC(OCc3ccccn3)CC2)cc1Cl. The zero-order valence-corrected chi connectivity index (χ0v) is 16.0. The topological polar surface area (TPSA) is 68.7 Å². The Labute approximate surface area is 158 Å². The second kappa shape index (κ2) is 8.35. The van der Waals surface area contributed by atoms with Crippen LogP contribution in [-0.2, 0) is 21.4 Å². The summed E-state index contributed by atoms with van der Waals surface area (Å²) in [6, 6.07) is 10.2. The molecule has 26 heavy (non-hydrogen) atoms. The molecule has 0 amide bonds. The first-order valence-corrected chi connectivity index (χ1v) is 10.2. The highest BCUT2D eigenvalue weighted by molar-refractivity contribution is 7.89. The third-order valence-electron chi connectivity index (χ3n) is 4.36. The fourth-order valence-electron chi connectivity index (χ4n) is 2.88. The van der Waals surface area contributed by atoms with Gasteiger partial charge in [-0.3, -0.25) is 4.98 Å². The monoisotopic (exact) mass is 396 g/mol. The number of rotatable bonds is 6. The summed E-state index contributed by atoms with van der Waals surface area (Å²) >= 11 is 6.06. The van der Waals surface area contributed by atoms with Crippen LogP contribution >= 0.6 is 11.6 Å². The zero-order chi connectivity index (χ0) is 18.6. The normalized spacial score (nSPS) is 16.5. The summed E-state index contributed by atoms with van der Waals surface area (Å²) in [5, 5.41) is 0.280. The molecule has 0 N–H and O–H groups in total. The van der Waals surface area contributed by atoms with E-state index in [1.165, 1.54) is 23.5 Å². The molecule has 0 aliphatic carbocycles. The van der Waals surface area contributed by atoms with Gasteiger partial charge in [0.05, 0.1) is 35.4 Å². The number of hydrogen-bond donors (Lipinski definition) is 0. The van der Waals surface area contributed by atoms with E-state index >= 15 is 0 Å². The van der Waals surface area contributed by atoms with E-state index in [0.717, 1.165) is 5.69 Å². The van der Waals surface area contributed by atoms with Crippen LogP contribution in [0.2, 0.25) is 5.02 Å². The van der Waals surface area contributed by atoms with Crippen molar-refractivity contribution in [2.75, 3.05) is 20.2 Å². The lowest BCUT2D eigenvalue weighted by molar-refractivity contribution is 0.00870. The Morgan fingerprint density at radius 3 is 2.62 bits per heavy atom. The van der Waals surface area contributed by atoms with Gasteiger partial charge in [0, 0.05) is 19.3 Å². The van der Waals surface area contributed by atoms with Gasteiger partial charge < -0.3 is 9.47 Å². The van der Waals surface area contributed by atoms with Gasteiger partial charge in [-0.05, 0) is 43.2 Å². The molecule has 6 nitrogen and oxygen atoms in total. The van der Waals surface area contributed by atoms with Crippen LogP contribution in [0.5, 0.6) is 5.75 Å². The summed E-state index contributed by atoms with van der Waals surface area (Å²) in [5.74, 6) is 0.451. The number of ether oxygens (including phenoxy) is 2. The number of sulfonamides is 1. The molecule has 0 unspecified atom stereocenters. The number of nitrogens with zero attached hydrogens (tertiary/aromatic N) is 2. The number of hydrogen-bond acceptors (Lipinski definition) is 5. The highest BCUT2D eigenvalue weighted by Gasteiger charge is 2.30. The molecule has 2 heterocycles. The summed E-state index contributed by atoms with van der Waals surface area (Å²) in [7, 11) is -2.08. The van der Waals surface area contributed by atoms with Gasteiger partial charge in [-0.1, -0.05) is 17.7 Å². The van der Waals surface area contributed by atoms with E-state index in [0.29, 0.717) is 38.3 Å². The largest absolute Gasteiger partial charge is 0.495 e. The van der Waals surface area contributed by atoms with Crippen LogP contribution in [0.3, 0.4) is 0 Å². The fraction of sp³-hybridized carbons (Fsp3) is 0.389. The molecule has 1 aliphatic heterocycles. The van der Waals surface area contributed by atoms with Crippen LogP contribution in [0.4, 0.5) is 0 Å². The lowest BCUT2D eigenvalue weighted by Crippen LogP contribution is -2.40. The molecule has 0 radical (unpaired) electrons. The third kappa shape index (κ3) is 4.35. The standard InChI is InChI=1S/C18H21ClN2O4S/c1-24-18-6-5-16(12-17(18)19)26(22,23)21-10-7-15(8-11-21)25-13-14-4-2-3-9-20-14/h2-6,9,12,15H,7-8,10-11,13H2,1H3. The van der Waals surface area contributed by atoms with Crippen molar-refractivity contribution >= 4 is 21.6 Å². The van der Waals surface area contributed by atoms with Gasteiger partial charge in [0.1, 0.15) is 5.75 Å². The van der Waals surface area contributed by atoms with Gasteiger partial charge in [-0.2, -0.15) is 4.31 Å². The van der Waals surface area contributed by atoms with Crippen molar-refractivity contribution < 1.29 is 17.9 Å². The number of methoxy groups -OCH3 is 1. The maximum atomic E-state index is 12.8. The summed E-state index contributed by atoms with van der Waals surface area (Å²) in [4.78, 5) is 4.40. The van der Waals surface area contributed by atoms with Crippen molar-refractivity contribution in [2.24, 2.45) is 0 Å². The van der Waals surface area contributed by atoms with Crippen molar-refractivity contribution in [1.29, 1.82) is 0 Å². The van der Waals surface area contributed by atoms with E-state index in [4.69, 9.17) is 21.1 Å². The van der Waals surface area contributed by atoms with Crippen molar-refractivity contribution in [3.8, 4) is 5.75 Å². The second-order valence-electron chi connectivity index (χ2n) is 6.03. The van der Waals surface area contributed by atoms with E-state index < -0.39 is 10.0 Å². The molecule has 0 saturated carbocycles. The lowest BCUT2D eigenvalue weighted by atomic mass is 10.1. The highest BCUT2D eigenvalue weighted by atomic mass is 35.5. The average molecular weight is 397 g/mol. The quantitative estimate of drug-likeness (QED) is 0.750. The second-order valence-corrected chi connectivity index (χ2v) is 8.38. The smallest absolute Gasteiger partial charge is 0.243 e. The van der Waals surface area contributed by atoms with Crippen molar-refractivity contribution in [3.05, 3.63) is 53.3 Å². The van der Waals surface area contributed by atoms with E-state index in [2.05, 4.69) is 4.98 Å². The van der Waals surface area contributed by atoms with Gasteiger partial charge in [0.15, 0.2) is 0 Å². The maximum absolute atomic E-state index is 12.8. The van der Waals surface area contributed by atoms with Gasteiger partial charge in [-0.15, -0.1) is 0 Å². The Morgan fingerprint density at radius 1 is 1.23 bits per heavy atom. The van der Waals surface area contributed by atoms with Crippen LogP contribution in [0, 0.1) is 0 Å². The molecule has 8 heteroatoms. The van der Waals surface area contributed by atoms with Crippen LogP contribution < -0.4 is 4.74 Å². The van der Waals surface area contributed by atoms with E-state index in [9.17, 15) is 8.42 Å². The van der Waals surface area contributed by atoms with Crippen LogP contribution in [-0.4, -0.2) is 44.0 Å². The van der Waals surface area contributed by atoms with Crippen molar-refractivity contribution in [1.82, 2.24) is 9.29 Å². The predicted molar refractivity (Wildman–Crippen MR) is 98.8 cm³/mol. The highest BCUT2D eigenvalue weighted by Crippen LogP contribution is 2.29. The first kappa shape index (κ1) is 19.1. The maximum Gasteiger partial charge on any atom is 0.243 e. The summed E-state index contributed by atoms with van der Waals surface area (Å²) in [6.45, 7) is 1.27. The zero-order valence-electron chi connectivity index (χ0n) is 14.5. The average Bonchev–Trinajstić information content (AvgIpc) is 2.67. The first-order chi connectivity index (χ1) is 12.5. The molecule has 3 rings (SSSR count). The molecular weight excluding hydrogens is 376 g/mol. The minimum atomic E-state index is -3.57. The lowest BCUT2D eigenvalue weighted by Gasteiger charge is -2.31. The Hall–Kier alpha value is -1.67. The molecule has 1 aromatic carbocycles. The summed E-state index contributed by atoms with van der Waals surface area (Å²) in [6.07, 6.45) is 3.06. The van der Waals surface area contributed by atoms with Crippen molar-refractivity contribution in [2.45, 2.75) is 30.4 Å².